The van der Waals surface area contributed by atoms with Crippen LogP contribution in [0, 0.1) is 0 Å². The van der Waals surface area contributed by atoms with E-state index >= 15 is 0 Å². The molecule has 1 aromatic rings. The Kier molecular flexibility index (Phi) is 6.16. The highest BCUT2D eigenvalue weighted by Crippen LogP contribution is 2.43. The van der Waals surface area contributed by atoms with Crippen LogP contribution in [0.3, 0.4) is 0 Å². The van der Waals surface area contributed by atoms with Gasteiger partial charge in [0.05, 0.1) is 28.3 Å². The Morgan fingerprint density at radius 2 is 2.11 bits per heavy atom. The fourth-order valence-electron chi connectivity index (χ4n) is 2.89. The molecule has 2 fully saturated rings. The standard InChI is InChI=1S/C15H14BrClN2O6S2/c16-8-1-2-10(9(17)3-8)19-11-6-27(23,24)7-12(11)26-15(19)18-13(20)4-25-5-14(21)22/h1-3,11-12H,4-7H2,(H,21,22)/t11-,12-/m0/s1. The lowest BCUT2D eigenvalue weighted by atomic mass is 10.2. The number of anilines is 1. The fourth-order valence-corrected chi connectivity index (χ4v) is 7.58. The number of aliphatic imine (C=N–C) groups is 1. The number of nitrogens with zero attached hydrogens (tertiary/aromatic N) is 2. The molecule has 2 heterocycles. The molecule has 8 nitrogen and oxygen atoms in total. The number of ether oxygens (including phenoxy) is 1. The molecule has 12 heteroatoms. The minimum absolute atomic E-state index is 0.00426. The number of carboxylic acid groups (broad SMARTS) is 1. The minimum Gasteiger partial charge on any atom is -0.480 e. The number of thioether (sulfide) groups is 1. The zero-order valence-electron chi connectivity index (χ0n) is 13.7. The van der Waals surface area contributed by atoms with Crippen LogP contribution in [0.15, 0.2) is 27.7 Å². The van der Waals surface area contributed by atoms with Gasteiger partial charge in [-0.2, -0.15) is 4.99 Å². The second-order valence-corrected chi connectivity index (χ2v) is 10.6. The molecule has 3 rings (SSSR count). The number of carbonyl (C=O) groups excluding carboxylic acids is 1. The Hall–Kier alpha value is -1.14. The average molecular weight is 498 g/mol. The maximum atomic E-state index is 12.0. The van der Waals surface area contributed by atoms with Gasteiger partial charge in [0, 0.05) is 9.72 Å². The molecule has 2 aliphatic rings. The van der Waals surface area contributed by atoms with Gasteiger partial charge in [0.1, 0.15) is 13.2 Å². The van der Waals surface area contributed by atoms with Crippen LogP contribution in [-0.2, 0) is 24.2 Å². The third-order valence-corrected chi connectivity index (χ3v) is 7.91. The molecular formula is C15H14BrClN2O6S2. The summed E-state index contributed by atoms with van der Waals surface area (Å²) in [6.45, 7) is -1.08. The van der Waals surface area contributed by atoms with E-state index in [4.69, 9.17) is 21.4 Å². The number of hydrogen-bond acceptors (Lipinski definition) is 6. The highest BCUT2D eigenvalue weighted by Gasteiger charge is 2.49. The summed E-state index contributed by atoms with van der Waals surface area (Å²) in [5.41, 5.74) is 0.551. The molecule has 2 saturated heterocycles. The first-order chi connectivity index (χ1) is 12.7. The van der Waals surface area contributed by atoms with Crippen LogP contribution in [0.1, 0.15) is 0 Å². The molecule has 146 valence electrons. The van der Waals surface area contributed by atoms with Gasteiger partial charge in [0.15, 0.2) is 15.0 Å². The molecule has 2 aliphatic heterocycles. The molecular weight excluding hydrogens is 484 g/mol. The zero-order valence-corrected chi connectivity index (χ0v) is 17.6. The molecule has 27 heavy (non-hydrogen) atoms. The van der Waals surface area contributed by atoms with Crippen molar-refractivity contribution in [1.29, 1.82) is 0 Å². The molecule has 1 amide bonds. The van der Waals surface area contributed by atoms with Gasteiger partial charge in [-0.1, -0.05) is 39.3 Å². The van der Waals surface area contributed by atoms with E-state index in [1.165, 1.54) is 11.8 Å². The van der Waals surface area contributed by atoms with Gasteiger partial charge in [-0.15, -0.1) is 0 Å². The van der Waals surface area contributed by atoms with Crippen LogP contribution in [0.25, 0.3) is 0 Å². The highest BCUT2D eigenvalue weighted by molar-refractivity contribution is 9.10. The molecule has 0 saturated carbocycles. The Balaban J connectivity index is 1.89. The van der Waals surface area contributed by atoms with Gasteiger partial charge >= 0.3 is 5.97 Å². The molecule has 0 aromatic heterocycles. The van der Waals surface area contributed by atoms with E-state index in [1.54, 1.807) is 23.1 Å². The first-order valence-electron chi connectivity index (χ1n) is 7.69. The maximum absolute atomic E-state index is 12.0. The Labute approximate surface area is 173 Å². The predicted molar refractivity (Wildman–Crippen MR) is 106 cm³/mol. The number of benzene rings is 1. The van der Waals surface area contributed by atoms with E-state index in [9.17, 15) is 18.0 Å². The predicted octanol–water partition coefficient (Wildman–Crippen LogP) is 1.81. The monoisotopic (exact) mass is 496 g/mol. The summed E-state index contributed by atoms with van der Waals surface area (Å²) in [6, 6.07) is 4.78. The topological polar surface area (TPSA) is 113 Å². The van der Waals surface area contributed by atoms with Crippen LogP contribution in [0.2, 0.25) is 5.02 Å². The number of aliphatic carboxylic acids is 1. The molecule has 1 aromatic carbocycles. The van der Waals surface area contributed by atoms with Gasteiger partial charge in [-0.05, 0) is 18.2 Å². The number of halogens is 2. The van der Waals surface area contributed by atoms with Gasteiger partial charge in [-0.3, -0.25) is 4.79 Å². The first-order valence-corrected chi connectivity index (χ1v) is 11.6. The number of amidine groups is 1. The Morgan fingerprint density at radius 1 is 1.37 bits per heavy atom. The van der Waals surface area contributed by atoms with Crippen molar-refractivity contribution in [3.63, 3.8) is 0 Å². The number of carbonyl (C=O) groups is 2. The summed E-state index contributed by atoms with van der Waals surface area (Å²) in [6.07, 6.45) is 0. The largest absolute Gasteiger partial charge is 0.480 e. The molecule has 1 N–H and O–H groups in total. The normalized spacial score (nSPS) is 25.0. The summed E-state index contributed by atoms with van der Waals surface area (Å²) in [7, 11) is -3.19. The van der Waals surface area contributed by atoms with Crippen molar-refractivity contribution in [2.45, 2.75) is 11.3 Å². The lowest BCUT2D eigenvalue weighted by Gasteiger charge is -2.25. The van der Waals surface area contributed by atoms with Crippen LogP contribution in [-0.4, -0.2) is 66.6 Å². The summed E-state index contributed by atoms with van der Waals surface area (Å²) < 4.78 is 29.6. The fraction of sp³-hybridized carbons (Fsp3) is 0.400. The molecule has 0 radical (unpaired) electrons. The van der Waals surface area contributed by atoms with E-state index in [0.717, 1.165) is 4.47 Å². The average Bonchev–Trinajstić information content (AvgIpc) is 2.98. The van der Waals surface area contributed by atoms with Crippen molar-refractivity contribution in [3.05, 3.63) is 27.7 Å². The lowest BCUT2D eigenvalue weighted by Crippen LogP contribution is -2.38. The number of carboxylic acids is 1. The van der Waals surface area contributed by atoms with Crippen molar-refractivity contribution in [3.8, 4) is 0 Å². The summed E-state index contributed by atoms with van der Waals surface area (Å²) >= 11 is 10.9. The quantitative estimate of drug-likeness (QED) is 0.655. The number of hydrogen-bond donors (Lipinski definition) is 1. The summed E-state index contributed by atoms with van der Waals surface area (Å²) in [5, 5.41) is 9.00. The van der Waals surface area contributed by atoms with Crippen LogP contribution >= 0.6 is 39.3 Å². The molecule has 0 aliphatic carbocycles. The van der Waals surface area contributed by atoms with E-state index in [0.29, 0.717) is 15.9 Å². The second-order valence-electron chi connectivity index (χ2n) is 5.94. The van der Waals surface area contributed by atoms with Crippen molar-refractivity contribution in [2.24, 2.45) is 4.99 Å². The third-order valence-electron chi connectivity index (χ3n) is 3.91. The number of fused-ring (bicyclic) bond motifs is 1. The molecule has 0 unspecified atom stereocenters. The van der Waals surface area contributed by atoms with Gasteiger partial charge in [-0.25, -0.2) is 13.2 Å². The second kappa shape index (κ2) is 8.08. The number of amides is 1. The van der Waals surface area contributed by atoms with Crippen molar-refractivity contribution < 1.29 is 27.9 Å². The minimum atomic E-state index is -3.19. The Bertz CT molecular complexity index is 923. The third kappa shape index (κ3) is 4.83. The molecule has 0 bridgehead atoms. The van der Waals surface area contributed by atoms with Crippen molar-refractivity contribution in [1.82, 2.24) is 0 Å². The van der Waals surface area contributed by atoms with E-state index < -0.39 is 34.9 Å². The highest BCUT2D eigenvalue weighted by atomic mass is 79.9. The number of sulfone groups is 1. The van der Waals surface area contributed by atoms with E-state index in [1.807, 2.05) is 0 Å². The zero-order chi connectivity index (χ0) is 19.8. The van der Waals surface area contributed by atoms with Gasteiger partial charge in [0.25, 0.3) is 5.91 Å². The lowest BCUT2D eigenvalue weighted by molar-refractivity contribution is -0.143. The number of rotatable bonds is 5. The van der Waals surface area contributed by atoms with Crippen molar-refractivity contribution in [2.75, 3.05) is 29.6 Å². The summed E-state index contributed by atoms with van der Waals surface area (Å²) in [4.78, 5) is 28.2. The van der Waals surface area contributed by atoms with Crippen LogP contribution < -0.4 is 4.90 Å². The Morgan fingerprint density at radius 3 is 2.78 bits per heavy atom. The SMILES string of the molecule is O=C(O)COCC(=O)N=C1S[C@H]2CS(=O)(=O)C[C@@H]2N1c1ccc(Br)cc1Cl. The van der Waals surface area contributed by atoms with Crippen molar-refractivity contribution >= 4 is 71.9 Å². The van der Waals surface area contributed by atoms with Crippen LogP contribution in [0.5, 0.6) is 0 Å². The summed E-state index contributed by atoms with van der Waals surface area (Å²) in [5.74, 6) is -1.90. The van der Waals surface area contributed by atoms with E-state index in [-0.39, 0.29) is 22.8 Å². The first kappa shape index (κ1) is 20.6. The van der Waals surface area contributed by atoms with Gasteiger partial charge in [0.2, 0.25) is 0 Å². The molecule has 0 spiro atoms. The maximum Gasteiger partial charge on any atom is 0.329 e. The van der Waals surface area contributed by atoms with Crippen LogP contribution in [0.4, 0.5) is 5.69 Å². The molecule has 2 atom stereocenters. The van der Waals surface area contributed by atoms with Gasteiger partial charge < -0.3 is 14.7 Å². The smallest absolute Gasteiger partial charge is 0.329 e. The van der Waals surface area contributed by atoms with E-state index in [2.05, 4.69) is 20.9 Å².